The van der Waals surface area contributed by atoms with Crippen LogP contribution in [0.25, 0.3) is 0 Å². The summed E-state index contributed by atoms with van der Waals surface area (Å²) in [6, 6.07) is 0. The number of aliphatic carboxylic acids is 4. The highest BCUT2D eigenvalue weighted by atomic mass is 16.4. The minimum Gasteiger partial charge on any atom is -0.481 e. The molecule has 0 aromatic rings. The van der Waals surface area contributed by atoms with Crippen molar-refractivity contribution in [2.24, 2.45) is 0 Å². The molecular weight excluding hydrogens is 300 g/mol. The van der Waals surface area contributed by atoms with Gasteiger partial charge in [-0.2, -0.15) is 0 Å². The predicted molar refractivity (Wildman–Crippen MR) is 73.4 cm³/mol. The van der Waals surface area contributed by atoms with Gasteiger partial charge in [0.05, 0.1) is 13.1 Å². The Morgan fingerprint density at radius 2 is 1.36 bits per heavy atom. The van der Waals surface area contributed by atoms with Crippen molar-refractivity contribution in [2.75, 3.05) is 32.7 Å². The zero-order valence-corrected chi connectivity index (χ0v) is 12.0. The van der Waals surface area contributed by atoms with Gasteiger partial charge in [0.2, 0.25) is 0 Å². The average molecular weight is 320 g/mol. The fourth-order valence-corrected chi connectivity index (χ4v) is 1.23. The van der Waals surface area contributed by atoms with E-state index in [1.165, 1.54) is 4.90 Å². The van der Waals surface area contributed by atoms with Crippen molar-refractivity contribution >= 4 is 23.9 Å². The summed E-state index contributed by atoms with van der Waals surface area (Å²) in [6.45, 7) is 2.90. The summed E-state index contributed by atoms with van der Waals surface area (Å²) in [5, 5.41) is 36.6. The Kier molecular flexibility index (Phi) is 13.8. The topological polar surface area (TPSA) is 167 Å². The van der Waals surface area contributed by atoms with Gasteiger partial charge >= 0.3 is 23.9 Å². The van der Waals surface area contributed by atoms with E-state index in [1.54, 1.807) is 0 Å². The van der Waals surface area contributed by atoms with Crippen molar-refractivity contribution in [3.8, 4) is 0 Å². The summed E-state index contributed by atoms with van der Waals surface area (Å²) in [4.78, 5) is 41.7. The predicted octanol–water partition coefficient (Wildman–Crippen LogP) is -1.17. The van der Waals surface area contributed by atoms with E-state index in [4.69, 9.17) is 20.4 Å². The third-order valence-corrected chi connectivity index (χ3v) is 1.99. The molecule has 0 unspecified atom stereocenters. The maximum atomic E-state index is 10.3. The highest BCUT2D eigenvalue weighted by Gasteiger charge is 2.13. The maximum Gasteiger partial charge on any atom is 0.319 e. The molecule has 0 rings (SSSR count). The molecule has 0 spiro atoms. The van der Waals surface area contributed by atoms with Crippen molar-refractivity contribution in [3.63, 3.8) is 0 Å². The average Bonchev–Trinajstić information content (AvgIpc) is 2.35. The van der Waals surface area contributed by atoms with Gasteiger partial charge in [-0.15, -0.1) is 0 Å². The van der Waals surface area contributed by atoms with Gasteiger partial charge in [-0.05, 0) is 19.9 Å². The summed E-state index contributed by atoms with van der Waals surface area (Å²) in [5.74, 6) is -4.15. The summed E-state index contributed by atoms with van der Waals surface area (Å²) < 4.78 is 0. The lowest BCUT2D eigenvalue weighted by Gasteiger charge is -2.16. The second-order valence-electron chi connectivity index (χ2n) is 3.99. The second kappa shape index (κ2) is 13.8. The number of carboxylic acid groups (broad SMARTS) is 4. The van der Waals surface area contributed by atoms with Gasteiger partial charge in [0, 0.05) is 13.0 Å². The minimum absolute atomic E-state index is 0.101. The molecule has 0 aromatic heterocycles. The highest BCUT2D eigenvalue weighted by molar-refractivity contribution is 5.72. The molecule has 0 bridgehead atoms. The van der Waals surface area contributed by atoms with Gasteiger partial charge in [0.1, 0.15) is 6.54 Å². The Bertz CT molecular complexity index is 356. The summed E-state index contributed by atoms with van der Waals surface area (Å²) in [7, 11) is 0. The first-order valence-corrected chi connectivity index (χ1v) is 6.21. The molecule has 0 heterocycles. The van der Waals surface area contributed by atoms with Gasteiger partial charge in [-0.3, -0.25) is 24.1 Å². The molecule has 4 N–H and O–H groups in total. The third kappa shape index (κ3) is 20.1. The largest absolute Gasteiger partial charge is 0.481 e. The van der Waals surface area contributed by atoms with E-state index in [1.807, 2.05) is 0 Å². The zero-order chi connectivity index (χ0) is 17.5. The molecule has 2 radical (unpaired) electrons. The van der Waals surface area contributed by atoms with E-state index >= 15 is 0 Å². The number of hydrogen-bond acceptors (Lipinski definition) is 5. The Hall–Kier alpha value is -2.20. The van der Waals surface area contributed by atoms with Gasteiger partial charge in [0.15, 0.2) is 0 Å². The Balaban J connectivity index is 0. The van der Waals surface area contributed by atoms with Crippen LogP contribution in [0.15, 0.2) is 0 Å². The Labute approximate surface area is 127 Å². The highest BCUT2D eigenvalue weighted by Crippen LogP contribution is 1.95. The number of carboxylic acids is 4. The molecule has 0 aliphatic rings. The van der Waals surface area contributed by atoms with Crippen molar-refractivity contribution in [1.29, 1.82) is 0 Å². The number of carbonyl (C=O) groups is 4. The van der Waals surface area contributed by atoms with E-state index in [9.17, 15) is 19.2 Å². The van der Waals surface area contributed by atoms with Crippen LogP contribution in [0.3, 0.4) is 0 Å². The van der Waals surface area contributed by atoms with Crippen molar-refractivity contribution in [1.82, 2.24) is 10.2 Å². The summed E-state index contributed by atoms with van der Waals surface area (Å²) in [5.41, 5.74) is 0. The van der Waals surface area contributed by atoms with Crippen LogP contribution in [-0.2, 0) is 19.2 Å². The van der Waals surface area contributed by atoms with Crippen LogP contribution in [0.4, 0.5) is 0 Å². The van der Waals surface area contributed by atoms with Gasteiger partial charge in [-0.25, -0.2) is 5.32 Å². The van der Waals surface area contributed by atoms with Crippen LogP contribution in [0.5, 0.6) is 0 Å². The van der Waals surface area contributed by atoms with Crippen LogP contribution < -0.4 is 5.32 Å². The van der Waals surface area contributed by atoms with Crippen molar-refractivity contribution in [2.45, 2.75) is 12.8 Å². The first kappa shape index (κ1) is 22.1. The van der Waals surface area contributed by atoms with E-state index in [0.717, 1.165) is 0 Å². The smallest absolute Gasteiger partial charge is 0.319 e. The fraction of sp³-hybridized carbons (Fsp3) is 0.583. The van der Waals surface area contributed by atoms with Crippen LogP contribution in [0, 0.1) is 6.92 Å². The normalized spacial score (nSPS) is 9.73. The van der Waals surface area contributed by atoms with Gasteiger partial charge in [-0.1, -0.05) is 0 Å². The molecule has 22 heavy (non-hydrogen) atoms. The maximum absolute atomic E-state index is 10.3. The van der Waals surface area contributed by atoms with Crippen molar-refractivity contribution < 1.29 is 39.6 Å². The molecule has 0 aliphatic heterocycles. The van der Waals surface area contributed by atoms with Crippen LogP contribution >= 0.6 is 0 Å². The standard InChI is InChI=1S/C8H13NO6.C4H7NO2/c10-6(11)2-1-3-9(4-7(12)13)5-8(14)15;1-2-5-3-4(6)7/h1-5H2,(H,10,11)(H,12,13)(H,14,15);1-3H2,(H,6,7). The molecule has 10 heteroatoms. The van der Waals surface area contributed by atoms with Crippen LogP contribution in [0.2, 0.25) is 0 Å². The third-order valence-electron chi connectivity index (χ3n) is 1.99. The molecule has 0 amide bonds. The van der Waals surface area contributed by atoms with Crippen LogP contribution in [-0.4, -0.2) is 81.9 Å². The zero-order valence-electron chi connectivity index (χ0n) is 12.0. The van der Waals surface area contributed by atoms with E-state index in [2.05, 4.69) is 12.2 Å². The SMILES string of the molecule is O=C(O)CCCN(CC(=O)O)CC(=O)O.[CH2]C[N]CC(=O)O. The summed E-state index contributed by atoms with van der Waals surface area (Å²) in [6.07, 6.45) is 0.131. The molecule has 0 saturated heterocycles. The molecule has 10 nitrogen and oxygen atoms in total. The number of hydrogen-bond donors (Lipinski definition) is 4. The molecular formula is C12H20N2O8. The summed E-state index contributed by atoms with van der Waals surface area (Å²) >= 11 is 0. The van der Waals surface area contributed by atoms with E-state index < -0.39 is 37.0 Å². The lowest BCUT2D eigenvalue weighted by Crippen LogP contribution is -2.35. The molecule has 0 fully saturated rings. The van der Waals surface area contributed by atoms with E-state index in [-0.39, 0.29) is 25.9 Å². The minimum atomic E-state index is -1.13. The van der Waals surface area contributed by atoms with Gasteiger partial charge < -0.3 is 20.4 Å². The fourth-order valence-electron chi connectivity index (χ4n) is 1.23. The molecule has 0 aromatic carbocycles. The number of nitrogens with zero attached hydrogens (tertiary/aromatic N) is 2. The molecule has 0 saturated carbocycles. The van der Waals surface area contributed by atoms with Crippen LogP contribution in [0.1, 0.15) is 12.8 Å². The van der Waals surface area contributed by atoms with E-state index in [0.29, 0.717) is 6.54 Å². The molecule has 126 valence electrons. The first-order chi connectivity index (χ1) is 10.2. The number of rotatable bonds is 11. The Morgan fingerprint density at radius 1 is 0.864 bits per heavy atom. The lowest BCUT2D eigenvalue weighted by atomic mass is 10.3. The first-order valence-electron chi connectivity index (χ1n) is 6.21. The Morgan fingerprint density at radius 3 is 1.64 bits per heavy atom. The quantitative estimate of drug-likeness (QED) is 0.367. The molecule has 0 atom stereocenters. The molecule has 0 aliphatic carbocycles. The van der Waals surface area contributed by atoms with Gasteiger partial charge in [0.25, 0.3) is 0 Å². The lowest BCUT2D eigenvalue weighted by molar-refractivity contribution is -0.142. The monoisotopic (exact) mass is 320 g/mol. The second-order valence-corrected chi connectivity index (χ2v) is 3.99. The van der Waals surface area contributed by atoms with Crippen molar-refractivity contribution in [3.05, 3.63) is 6.92 Å².